The van der Waals surface area contributed by atoms with Crippen LogP contribution in [0.4, 0.5) is 0 Å². The van der Waals surface area contributed by atoms with Gasteiger partial charge in [0.2, 0.25) is 0 Å². The highest BCUT2D eigenvalue weighted by molar-refractivity contribution is 9.10. The van der Waals surface area contributed by atoms with E-state index in [1.54, 1.807) is 0 Å². The van der Waals surface area contributed by atoms with E-state index < -0.39 is 0 Å². The fraction of sp³-hybridized carbons (Fsp3) is 0.357. The van der Waals surface area contributed by atoms with E-state index in [1.165, 1.54) is 23.4 Å². The van der Waals surface area contributed by atoms with Crippen molar-refractivity contribution in [2.75, 3.05) is 13.1 Å². The molecule has 0 saturated carbocycles. The van der Waals surface area contributed by atoms with Crippen LogP contribution >= 0.6 is 15.9 Å². The fourth-order valence-electron chi connectivity index (χ4n) is 2.60. The van der Waals surface area contributed by atoms with Crippen LogP contribution in [0, 0.1) is 6.92 Å². The largest absolute Gasteiger partial charge is 0.316 e. The molecule has 1 aliphatic heterocycles. The molecule has 3 nitrogen and oxygen atoms in total. The summed E-state index contributed by atoms with van der Waals surface area (Å²) in [5.74, 6) is 0.579. The minimum Gasteiger partial charge on any atom is -0.316 e. The number of aromatic nitrogens is 2. The maximum atomic E-state index is 4.33. The maximum Gasteiger partial charge on any atom is 0.0994 e. The molecule has 1 N–H and O–H groups in total. The summed E-state index contributed by atoms with van der Waals surface area (Å²) in [6.45, 7) is 4.30. The molecule has 1 aromatic carbocycles. The summed E-state index contributed by atoms with van der Waals surface area (Å²) in [6, 6.07) is 6.37. The molecule has 1 saturated heterocycles. The average molecular weight is 306 g/mol. The van der Waals surface area contributed by atoms with Crippen molar-refractivity contribution in [3.05, 3.63) is 46.5 Å². The second-order valence-corrected chi connectivity index (χ2v) is 5.72. The van der Waals surface area contributed by atoms with Gasteiger partial charge in [0.25, 0.3) is 0 Å². The standard InChI is InChI=1S/C14H16BrN3/c1-10-6-12(15)2-3-13(10)18-9-17-8-14(18)11-4-5-16-7-11/h2-3,6,8-9,11,16H,4-5,7H2,1H3. The van der Waals surface area contributed by atoms with E-state index in [1.807, 2.05) is 12.5 Å². The van der Waals surface area contributed by atoms with Crippen molar-refractivity contribution in [3.63, 3.8) is 0 Å². The molecule has 4 heteroatoms. The molecule has 1 unspecified atom stereocenters. The Morgan fingerprint density at radius 1 is 1.44 bits per heavy atom. The molecule has 1 atom stereocenters. The predicted octanol–water partition coefficient (Wildman–Crippen LogP) is 3.02. The molecule has 1 aliphatic rings. The van der Waals surface area contributed by atoms with Crippen molar-refractivity contribution < 1.29 is 0 Å². The van der Waals surface area contributed by atoms with Crippen LogP contribution in [0.1, 0.15) is 23.6 Å². The van der Waals surface area contributed by atoms with Crippen LogP contribution in [0.25, 0.3) is 5.69 Å². The highest BCUT2D eigenvalue weighted by Gasteiger charge is 2.21. The van der Waals surface area contributed by atoms with Crippen molar-refractivity contribution in [1.82, 2.24) is 14.9 Å². The lowest BCUT2D eigenvalue weighted by Crippen LogP contribution is -2.11. The molecular formula is C14H16BrN3. The van der Waals surface area contributed by atoms with Crippen molar-refractivity contribution in [2.24, 2.45) is 0 Å². The van der Waals surface area contributed by atoms with Gasteiger partial charge in [0, 0.05) is 34.5 Å². The van der Waals surface area contributed by atoms with E-state index >= 15 is 0 Å². The van der Waals surface area contributed by atoms with E-state index in [0.717, 1.165) is 17.6 Å². The number of rotatable bonds is 2. The van der Waals surface area contributed by atoms with Crippen LogP contribution in [0.3, 0.4) is 0 Å². The molecule has 1 fully saturated rings. The zero-order valence-corrected chi connectivity index (χ0v) is 11.9. The van der Waals surface area contributed by atoms with Crippen LogP contribution in [0.2, 0.25) is 0 Å². The van der Waals surface area contributed by atoms with Crippen molar-refractivity contribution >= 4 is 15.9 Å². The highest BCUT2D eigenvalue weighted by Crippen LogP contribution is 2.27. The summed E-state index contributed by atoms with van der Waals surface area (Å²) in [7, 11) is 0. The molecule has 3 rings (SSSR count). The van der Waals surface area contributed by atoms with Crippen LogP contribution in [-0.4, -0.2) is 22.6 Å². The number of halogens is 1. The molecule has 0 amide bonds. The second kappa shape index (κ2) is 4.86. The molecule has 94 valence electrons. The monoisotopic (exact) mass is 305 g/mol. The molecule has 0 spiro atoms. The quantitative estimate of drug-likeness (QED) is 0.924. The van der Waals surface area contributed by atoms with Gasteiger partial charge in [-0.05, 0) is 43.7 Å². The second-order valence-electron chi connectivity index (χ2n) is 4.81. The SMILES string of the molecule is Cc1cc(Br)ccc1-n1cncc1C1CCNC1. The van der Waals surface area contributed by atoms with Crippen LogP contribution in [0.15, 0.2) is 35.2 Å². The number of aryl methyl sites for hydroxylation is 1. The van der Waals surface area contributed by atoms with E-state index in [-0.39, 0.29) is 0 Å². The molecule has 2 heterocycles. The summed E-state index contributed by atoms with van der Waals surface area (Å²) in [4.78, 5) is 4.33. The Kier molecular flexibility index (Phi) is 3.22. The topological polar surface area (TPSA) is 29.9 Å². The van der Waals surface area contributed by atoms with Crippen molar-refractivity contribution in [1.29, 1.82) is 0 Å². The van der Waals surface area contributed by atoms with E-state index in [0.29, 0.717) is 5.92 Å². The Hall–Kier alpha value is -1.13. The number of nitrogens with zero attached hydrogens (tertiary/aromatic N) is 2. The van der Waals surface area contributed by atoms with Crippen molar-refractivity contribution in [3.8, 4) is 5.69 Å². The van der Waals surface area contributed by atoms with Gasteiger partial charge in [-0.25, -0.2) is 4.98 Å². The average Bonchev–Trinajstić information content (AvgIpc) is 2.98. The van der Waals surface area contributed by atoms with Gasteiger partial charge in [0.15, 0.2) is 0 Å². The summed E-state index contributed by atoms with van der Waals surface area (Å²) in [6.07, 6.45) is 5.12. The summed E-state index contributed by atoms with van der Waals surface area (Å²) in [5, 5.41) is 3.41. The van der Waals surface area contributed by atoms with Gasteiger partial charge in [-0.1, -0.05) is 15.9 Å². The van der Waals surface area contributed by atoms with Crippen molar-refractivity contribution in [2.45, 2.75) is 19.3 Å². The molecule has 0 aliphatic carbocycles. The fourth-order valence-corrected chi connectivity index (χ4v) is 3.08. The molecular weight excluding hydrogens is 290 g/mol. The van der Waals surface area contributed by atoms with Gasteiger partial charge in [-0.2, -0.15) is 0 Å². The zero-order chi connectivity index (χ0) is 12.5. The summed E-state index contributed by atoms with van der Waals surface area (Å²) >= 11 is 3.51. The molecule has 18 heavy (non-hydrogen) atoms. The third-order valence-corrected chi connectivity index (χ3v) is 4.06. The maximum absolute atomic E-state index is 4.33. The normalized spacial score (nSPS) is 19.3. The Labute approximate surface area is 115 Å². The van der Waals surface area contributed by atoms with E-state index in [4.69, 9.17) is 0 Å². The van der Waals surface area contributed by atoms with Gasteiger partial charge < -0.3 is 9.88 Å². The first-order valence-electron chi connectivity index (χ1n) is 6.25. The van der Waals surface area contributed by atoms with Crippen LogP contribution in [0.5, 0.6) is 0 Å². The molecule has 0 radical (unpaired) electrons. The number of nitrogens with one attached hydrogen (secondary N) is 1. The minimum atomic E-state index is 0.579. The molecule has 1 aromatic heterocycles. The van der Waals surface area contributed by atoms with Gasteiger partial charge in [0.1, 0.15) is 0 Å². The first-order chi connectivity index (χ1) is 8.75. The Morgan fingerprint density at radius 2 is 2.33 bits per heavy atom. The summed E-state index contributed by atoms with van der Waals surface area (Å²) < 4.78 is 3.34. The number of hydrogen-bond donors (Lipinski definition) is 1. The van der Waals surface area contributed by atoms with Crippen LogP contribution < -0.4 is 5.32 Å². The third kappa shape index (κ3) is 2.10. The van der Waals surface area contributed by atoms with E-state index in [2.05, 4.69) is 55.9 Å². The lowest BCUT2D eigenvalue weighted by Gasteiger charge is -2.15. The Morgan fingerprint density at radius 3 is 3.06 bits per heavy atom. The summed E-state index contributed by atoms with van der Waals surface area (Å²) in [5.41, 5.74) is 3.79. The Bertz CT molecular complexity index is 556. The van der Waals surface area contributed by atoms with Gasteiger partial charge >= 0.3 is 0 Å². The van der Waals surface area contributed by atoms with Gasteiger partial charge in [-0.15, -0.1) is 0 Å². The Balaban J connectivity index is 2.03. The first kappa shape index (κ1) is 11.9. The lowest BCUT2D eigenvalue weighted by atomic mass is 10.0. The van der Waals surface area contributed by atoms with Gasteiger partial charge in [-0.3, -0.25) is 0 Å². The van der Waals surface area contributed by atoms with E-state index in [9.17, 15) is 0 Å². The molecule has 2 aromatic rings. The number of imidazole rings is 1. The smallest absolute Gasteiger partial charge is 0.0994 e. The highest BCUT2D eigenvalue weighted by atomic mass is 79.9. The predicted molar refractivity (Wildman–Crippen MR) is 76.2 cm³/mol. The lowest BCUT2D eigenvalue weighted by molar-refractivity contribution is 0.713. The van der Waals surface area contributed by atoms with Crippen LogP contribution in [-0.2, 0) is 0 Å². The number of benzene rings is 1. The van der Waals surface area contributed by atoms with Gasteiger partial charge in [0.05, 0.1) is 6.33 Å². The molecule has 0 bridgehead atoms. The zero-order valence-electron chi connectivity index (χ0n) is 10.4. The third-order valence-electron chi connectivity index (χ3n) is 3.56. The minimum absolute atomic E-state index is 0.579. The first-order valence-corrected chi connectivity index (χ1v) is 7.04. The number of hydrogen-bond acceptors (Lipinski definition) is 2.